The quantitative estimate of drug-likeness (QED) is 0.188. The van der Waals surface area contributed by atoms with Crippen molar-refractivity contribution >= 4 is 17.8 Å². The molecule has 11 heteroatoms. The summed E-state index contributed by atoms with van der Waals surface area (Å²) in [5.41, 5.74) is 7.31. The molecule has 2 aromatic rings. The van der Waals surface area contributed by atoms with Crippen molar-refractivity contribution in [3.8, 4) is 0 Å². The molecule has 244 valence electrons. The van der Waals surface area contributed by atoms with E-state index in [-0.39, 0.29) is 17.9 Å². The molecule has 0 saturated carbocycles. The topological polar surface area (TPSA) is 157 Å². The minimum Gasteiger partial charge on any atom is -0.481 e. The monoisotopic (exact) mass is 613 g/mol. The van der Waals surface area contributed by atoms with E-state index in [1.807, 2.05) is 48.3 Å². The van der Waals surface area contributed by atoms with Gasteiger partial charge in [0.05, 0.1) is 31.3 Å². The molecule has 2 aromatic carbocycles. The van der Waals surface area contributed by atoms with Crippen molar-refractivity contribution in [1.29, 1.82) is 0 Å². The number of hydrogen-bond donors (Lipinski definition) is 5. The molecule has 44 heavy (non-hydrogen) atoms. The van der Waals surface area contributed by atoms with Crippen LogP contribution < -0.4 is 16.4 Å². The predicted molar refractivity (Wildman–Crippen MR) is 171 cm³/mol. The Labute approximate surface area is 261 Å². The Balaban J connectivity index is 0.000000237. The van der Waals surface area contributed by atoms with Gasteiger partial charge in [0.25, 0.3) is 0 Å². The summed E-state index contributed by atoms with van der Waals surface area (Å²) in [6.45, 7) is 11.8. The molecular weight excluding hydrogens is 562 g/mol. The molecule has 2 aliphatic rings. The highest BCUT2D eigenvalue weighted by molar-refractivity contribution is 5.98. The van der Waals surface area contributed by atoms with Crippen LogP contribution in [0.25, 0.3) is 0 Å². The van der Waals surface area contributed by atoms with Crippen molar-refractivity contribution in [3.63, 3.8) is 0 Å². The van der Waals surface area contributed by atoms with Crippen LogP contribution >= 0.6 is 0 Å². The highest BCUT2D eigenvalue weighted by Crippen LogP contribution is 2.27. The fourth-order valence-corrected chi connectivity index (χ4v) is 4.67. The Bertz CT molecular complexity index is 1150. The number of aliphatic hydroxyl groups is 1. The number of carbonyl (C=O) groups excluding carboxylic acids is 2. The second kappa shape index (κ2) is 18.5. The normalized spacial score (nSPS) is 20.4. The van der Waals surface area contributed by atoms with Crippen molar-refractivity contribution < 1.29 is 29.3 Å². The van der Waals surface area contributed by atoms with Crippen LogP contribution in [0.4, 0.5) is 0 Å². The summed E-state index contributed by atoms with van der Waals surface area (Å²) in [5, 5.41) is 24.2. The van der Waals surface area contributed by atoms with Crippen LogP contribution in [0.15, 0.2) is 60.7 Å². The highest BCUT2D eigenvalue weighted by Gasteiger charge is 2.55. The van der Waals surface area contributed by atoms with E-state index in [1.165, 1.54) is 23.8 Å². The van der Waals surface area contributed by atoms with Gasteiger partial charge in [-0.05, 0) is 51.9 Å². The first-order chi connectivity index (χ1) is 20.9. The number of benzene rings is 2. The minimum atomic E-state index is -0.973. The second-order valence-electron chi connectivity index (χ2n) is 11.5. The Hall–Kier alpha value is -3.35. The largest absolute Gasteiger partial charge is 0.481 e. The van der Waals surface area contributed by atoms with E-state index in [0.29, 0.717) is 32.8 Å². The van der Waals surface area contributed by atoms with Crippen LogP contribution in [0.5, 0.6) is 0 Å². The van der Waals surface area contributed by atoms with E-state index in [4.69, 9.17) is 15.6 Å². The molecule has 1 spiro atoms. The number of β-lactam (4-membered cyclic amide) rings is 1. The van der Waals surface area contributed by atoms with Crippen LogP contribution in [0.2, 0.25) is 0 Å². The molecule has 2 fully saturated rings. The van der Waals surface area contributed by atoms with Crippen LogP contribution in [0.3, 0.4) is 0 Å². The standard InChI is InChI=1S/C12H16O3.C11H20N4O3.C10H15N/c1-9(12(13)14)10(2)15-8-11-6-4-3-5-7-11;1-7(16)8(12)9(17)15-4-3-14(2)6-11(15)5-13-10(11)18;1-2-8-11-9-10-6-4-3-5-7-10/h3-7,9-10H,8H2,1-2H3,(H,13,14);7-8,16H,3-6,12H2,1-2H3,(H,13,18);3-7,11H,2,8-9H2,1H3/t9-,10+;7-,8+,11?;/m01./s1. The van der Waals surface area contributed by atoms with E-state index in [2.05, 4.69) is 41.8 Å². The number of nitrogens with zero attached hydrogens (tertiary/aromatic N) is 2. The second-order valence-corrected chi connectivity index (χ2v) is 11.5. The van der Waals surface area contributed by atoms with E-state index in [1.54, 1.807) is 13.8 Å². The minimum absolute atomic E-state index is 0.139. The van der Waals surface area contributed by atoms with Gasteiger partial charge >= 0.3 is 5.97 Å². The lowest BCUT2D eigenvalue weighted by Crippen LogP contribution is -2.81. The maximum absolute atomic E-state index is 12.2. The highest BCUT2D eigenvalue weighted by atomic mass is 16.5. The molecule has 0 aliphatic carbocycles. The third-order valence-corrected chi connectivity index (χ3v) is 7.84. The number of amides is 2. The van der Waals surface area contributed by atoms with Gasteiger partial charge in [0, 0.05) is 26.2 Å². The van der Waals surface area contributed by atoms with Crippen molar-refractivity contribution in [2.75, 3.05) is 39.8 Å². The molecule has 2 amide bonds. The molecule has 4 rings (SSSR count). The maximum Gasteiger partial charge on any atom is 0.308 e. The van der Waals surface area contributed by atoms with Gasteiger partial charge in [-0.3, -0.25) is 14.4 Å². The summed E-state index contributed by atoms with van der Waals surface area (Å²) in [4.78, 5) is 38.3. The lowest BCUT2D eigenvalue weighted by molar-refractivity contribution is -0.163. The average molecular weight is 614 g/mol. The third kappa shape index (κ3) is 11.0. The van der Waals surface area contributed by atoms with E-state index in [0.717, 1.165) is 18.7 Å². The van der Waals surface area contributed by atoms with Gasteiger partial charge < -0.3 is 41.1 Å². The summed E-state index contributed by atoms with van der Waals surface area (Å²) >= 11 is 0. The van der Waals surface area contributed by atoms with Gasteiger partial charge in [0.2, 0.25) is 11.8 Å². The van der Waals surface area contributed by atoms with E-state index >= 15 is 0 Å². The number of aliphatic hydroxyl groups excluding tert-OH is 1. The van der Waals surface area contributed by atoms with Gasteiger partial charge in [-0.2, -0.15) is 0 Å². The van der Waals surface area contributed by atoms with Crippen LogP contribution in [0.1, 0.15) is 45.2 Å². The van der Waals surface area contributed by atoms with Gasteiger partial charge in [-0.1, -0.05) is 67.6 Å². The van der Waals surface area contributed by atoms with Crippen molar-refractivity contribution in [3.05, 3.63) is 71.8 Å². The Morgan fingerprint density at radius 2 is 1.64 bits per heavy atom. The van der Waals surface area contributed by atoms with Gasteiger partial charge in [0.1, 0.15) is 6.04 Å². The van der Waals surface area contributed by atoms with Gasteiger partial charge in [-0.15, -0.1) is 0 Å². The SMILES string of the molecule is CCCNCc1ccccc1.C[C@@H](O)[C@H](N)C(=O)N1CCN(C)CC12CNC2=O.C[C@H](C(=O)O)[C@@H](C)OCc1ccccc1. The summed E-state index contributed by atoms with van der Waals surface area (Å²) in [6.07, 6.45) is 0.00683. The zero-order valence-electron chi connectivity index (χ0n) is 26.7. The van der Waals surface area contributed by atoms with Gasteiger partial charge in [-0.25, -0.2) is 0 Å². The number of rotatable bonds is 11. The summed E-state index contributed by atoms with van der Waals surface area (Å²) in [6, 6.07) is 19.2. The number of piperazine rings is 1. The molecule has 2 heterocycles. The van der Waals surface area contributed by atoms with Crippen molar-refractivity contribution in [2.45, 2.75) is 71.1 Å². The number of hydrogen-bond acceptors (Lipinski definition) is 8. The third-order valence-electron chi connectivity index (χ3n) is 7.84. The molecule has 0 aromatic heterocycles. The van der Waals surface area contributed by atoms with Gasteiger partial charge in [0.15, 0.2) is 5.54 Å². The molecule has 6 N–H and O–H groups in total. The smallest absolute Gasteiger partial charge is 0.308 e. The number of nitrogens with one attached hydrogen (secondary N) is 2. The number of aliphatic carboxylic acids is 1. The van der Waals surface area contributed by atoms with Crippen LogP contribution in [0, 0.1) is 5.92 Å². The lowest BCUT2D eigenvalue weighted by Gasteiger charge is -2.54. The maximum atomic E-state index is 12.2. The fraction of sp³-hybridized carbons (Fsp3) is 0.545. The average Bonchev–Trinajstić information content (AvgIpc) is 3.03. The van der Waals surface area contributed by atoms with Crippen LogP contribution in [-0.2, 0) is 32.3 Å². The lowest BCUT2D eigenvalue weighted by atomic mass is 9.85. The first kappa shape index (κ1) is 36.8. The first-order valence-electron chi connectivity index (χ1n) is 15.3. The molecule has 5 atom stereocenters. The fourth-order valence-electron chi connectivity index (χ4n) is 4.67. The zero-order chi connectivity index (χ0) is 32.7. The number of carboxylic acids is 1. The molecule has 2 aliphatic heterocycles. The number of ether oxygens (including phenoxy) is 1. The first-order valence-corrected chi connectivity index (χ1v) is 15.3. The molecular formula is C33H51N5O6. The van der Waals surface area contributed by atoms with Crippen LogP contribution in [-0.4, -0.2) is 101 Å². The summed E-state index contributed by atoms with van der Waals surface area (Å²) < 4.78 is 5.47. The van der Waals surface area contributed by atoms with Crippen molar-refractivity contribution in [2.24, 2.45) is 11.7 Å². The zero-order valence-corrected chi connectivity index (χ0v) is 26.7. The number of carbonyl (C=O) groups is 3. The number of carboxylic acid groups (broad SMARTS) is 1. The molecule has 11 nitrogen and oxygen atoms in total. The van der Waals surface area contributed by atoms with Crippen molar-refractivity contribution in [1.82, 2.24) is 20.4 Å². The van der Waals surface area contributed by atoms with E-state index < -0.39 is 29.6 Å². The molecule has 0 bridgehead atoms. The molecule has 1 unspecified atom stereocenters. The Morgan fingerprint density at radius 3 is 2.11 bits per heavy atom. The Kier molecular flexibility index (Phi) is 15.5. The summed E-state index contributed by atoms with van der Waals surface area (Å²) in [5.74, 6) is -1.79. The number of nitrogens with two attached hydrogens (primary N) is 1. The molecule has 2 saturated heterocycles. The summed E-state index contributed by atoms with van der Waals surface area (Å²) in [7, 11) is 1.92. The number of likely N-dealkylation sites (N-methyl/N-ethyl adjacent to an activating group) is 1. The molecule has 0 radical (unpaired) electrons. The predicted octanol–water partition coefficient (Wildman–Crippen LogP) is 1.84. The Morgan fingerprint density at radius 1 is 1.05 bits per heavy atom. The van der Waals surface area contributed by atoms with E-state index in [9.17, 15) is 19.5 Å².